The van der Waals surface area contributed by atoms with Crippen molar-refractivity contribution in [2.75, 3.05) is 20.7 Å². The molecule has 5 heteroatoms. The molecular weight excluding hydrogens is 259 g/mol. The molecule has 0 bridgehead atoms. The zero-order valence-electron chi connectivity index (χ0n) is 12.1. The molecule has 4 nitrogen and oxygen atoms in total. The minimum atomic E-state index is -0.355. The number of hydrogen-bond donors (Lipinski definition) is 1. The fraction of sp³-hybridized carbons (Fsp3) is 0.533. The van der Waals surface area contributed by atoms with Gasteiger partial charge in [-0.2, -0.15) is 0 Å². The largest absolute Gasteiger partial charge is 0.494 e. The van der Waals surface area contributed by atoms with Crippen LogP contribution in [0.25, 0.3) is 0 Å². The molecule has 1 amide bonds. The van der Waals surface area contributed by atoms with Crippen molar-refractivity contribution in [2.45, 2.75) is 31.8 Å². The Hall–Kier alpha value is -1.62. The molecule has 2 rings (SSSR count). The molecule has 0 spiro atoms. The summed E-state index contributed by atoms with van der Waals surface area (Å²) in [6.07, 6.45) is 1.42. The second kappa shape index (κ2) is 6.22. The van der Waals surface area contributed by atoms with E-state index >= 15 is 0 Å². The van der Waals surface area contributed by atoms with Crippen molar-refractivity contribution >= 4 is 5.91 Å². The summed E-state index contributed by atoms with van der Waals surface area (Å²) in [6, 6.07) is 5.24. The normalized spacial score (nSPS) is 20.9. The van der Waals surface area contributed by atoms with E-state index in [1.165, 1.54) is 13.2 Å². The van der Waals surface area contributed by atoms with E-state index in [4.69, 9.17) is 4.74 Å². The van der Waals surface area contributed by atoms with Gasteiger partial charge in [-0.15, -0.1) is 0 Å². The summed E-state index contributed by atoms with van der Waals surface area (Å²) in [7, 11) is 3.28. The quantitative estimate of drug-likeness (QED) is 0.918. The number of methoxy groups -OCH3 is 1. The number of rotatable bonds is 4. The molecule has 1 heterocycles. The van der Waals surface area contributed by atoms with Gasteiger partial charge in [-0.1, -0.05) is 6.07 Å². The van der Waals surface area contributed by atoms with Crippen molar-refractivity contribution in [3.63, 3.8) is 0 Å². The monoisotopic (exact) mass is 280 g/mol. The van der Waals surface area contributed by atoms with E-state index in [-0.39, 0.29) is 29.6 Å². The van der Waals surface area contributed by atoms with Crippen LogP contribution in [0.4, 0.5) is 4.39 Å². The Bertz CT molecular complexity index is 493. The number of nitrogens with zero attached hydrogens (tertiary/aromatic N) is 1. The second-order valence-corrected chi connectivity index (χ2v) is 5.29. The summed E-state index contributed by atoms with van der Waals surface area (Å²) in [4.78, 5) is 13.2. The molecular formula is C15H21FN2O2. The third-order valence-corrected chi connectivity index (χ3v) is 3.79. The van der Waals surface area contributed by atoms with Gasteiger partial charge in [0.2, 0.25) is 5.91 Å². The number of benzene rings is 1. The van der Waals surface area contributed by atoms with E-state index < -0.39 is 0 Å². The fourth-order valence-corrected chi connectivity index (χ4v) is 2.54. The summed E-state index contributed by atoms with van der Waals surface area (Å²) in [6.45, 7) is 2.74. The molecule has 1 N–H and O–H groups in total. The van der Waals surface area contributed by atoms with Crippen molar-refractivity contribution in [1.82, 2.24) is 10.2 Å². The van der Waals surface area contributed by atoms with Crippen molar-refractivity contribution in [1.29, 1.82) is 0 Å². The molecule has 1 aromatic rings. The molecule has 0 aliphatic carbocycles. The summed E-state index contributed by atoms with van der Waals surface area (Å²) in [5, 5.41) is 3.48. The maximum atomic E-state index is 13.4. The zero-order chi connectivity index (χ0) is 14.7. The second-order valence-electron chi connectivity index (χ2n) is 5.29. The first-order chi connectivity index (χ1) is 9.51. The van der Waals surface area contributed by atoms with Crippen molar-refractivity contribution in [3.8, 4) is 5.75 Å². The average molecular weight is 280 g/mol. The van der Waals surface area contributed by atoms with Crippen LogP contribution in [-0.4, -0.2) is 37.6 Å². The lowest BCUT2D eigenvalue weighted by atomic mass is 10.0. The number of amides is 1. The number of nitrogens with one attached hydrogen (secondary N) is 1. The topological polar surface area (TPSA) is 41.6 Å². The Kier molecular flexibility index (Phi) is 4.60. The highest BCUT2D eigenvalue weighted by molar-refractivity contribution is 5.76. The Morgan fingerprint density at radius 1 is 1.50 bits per heavy atom. The summed E-state index contributed by atoms with van der Waals surface area (Å²) >= 11 is 0. The third kappa shape index (κ3) is 3.28. The number of likely N-dealkylation sites (tertiary alicyclic amines) is 1. The minimum Gasteiger partial charge on any atom is -0.494 e. The molecule has 0 unspecified atom stereocenters. The molecule has 1 fully saturated rings. The van der Waals surface area contributed by atoms with Crippen LogP contribution in [0.5, 0.6) is 5.75 Å². The van der Waals surface area contributed by atoms with E-state index in [1.807, 2.05) is 14.0 Å². The van der Waals surface area contributed by atoms with Crippen LogP contribution in [0.2, 0.25) is 0 Å². The van der Waals surface area contributed by atoms with Gasteiger partial charge in [-0.3, -0.25) is 4.79 Å². The van der Waals surface area contributed by atoms with Crippen LogP contribution in [-0.2, 0) is 4.79 Å². The molecule has 20 heavy (non-hydrogen) atoms. The van der Waals surface area contributed by atoms with Crippen molar-refractivity contribution < 1.29 is 13.9 Å². The number of likely N-dealkylation sites (N-methyl/N-ethyl adjacent to an activating group) is 1. The van der Waals surface area contributed by atoms with Crippen LogP contribution in [0.3, 0.4) is 0 Å². The lowest BCUT2D eigenvalue weighted by Gasteiger charge is -2.32. The molecule has 1 saturated heterocycles. The van der Waals surface area contributed by atoms with E-state index in [1.54, 1.807) is 17.0 Å². The molecule has 1 aromatic carbocycles. The van der Waals surface area contributed by atoms with Gasteiger partial charge in [0.15, 0.2) is 11.6 Å². The predicted molar refractivity (Wildman–Crippen MR) is 75.2 cm³/mol. The lowest BCUT2D eigenvalue weighted by molar-refractivity contribution is -0.132. The van der Waals surface area contributed by atoms with Crippen LogP contribution in [0.15, 0.2) is 18.2 Å². The van der Waals surface area contributed by atoms with Gasteiger partial charge in [0.25, 0.3) is 0 Å². The number of carbonyl (C=O) groups excluding carboxylic acids is 1. The first-order valence-electron chi connectivity index (χ1n) is 6.84. The highest BCUT2D eigenvalue weighted by Crippen LogP contribution is 2.23. The van der Waals surface area contributed by atoms with Gasteiger partial charge in [-0.05, 0) is 31.0 Å². The SMILES string of the molecule is COc1cc([C@@H](C)N[C@@H]2CCC(=O)N(C)C2)ccc1F. The molecule has 0 saturated carbocycles. The number of piperidine rings is 1. The van der Waals surface area contributed by atoms with E-state index in [9.17, 15) is 9.18 Å². The molecule has 110 valence electrons. The highest BCUT2D eigenvalue weighted by atomic mass is 19.1. The van der Waals surface area contributed by atoms with Gasteiger partial charge in [-0.25, -0.2) is 4.39 Å². The number of ether oxygens (including phenoxy) is 1. The van der Waals surface area contributed by atoms with Crippen molar-refractivity contribution in [3.05, 3.63) is 29.6 Å². The molecule has 1 aliphatic heterocycles. The van der Waals surface area contributed by atoms with Gasteiger partial charge in [0.1, 0.15) is 0 Å². The van der Waals surface area contributed by atoms with E-state index in [0.717, 1.165) is 12.0 Å². The average Bonchev–Trinajstić information content (AvgIpc) is 2.43. The molecule has 0 radical (unpaired) electrons. The van der Waals surface area contributed by atoms with E-state index in [0.29, 0.717) is 13.0 Å². The van der Waals surface area contributed by atoms with Crippen molar-refractivity contribution in [2.24, 2.45) is 0 Å². The third-order valence-electron chi connectivity index (χ3n) is 3.79. The van der Waals surface area contributed by atoms with Crippen LogP contribution in [0.1, 0.15) is 31.4 Å². The smallest absolute Gasteiger partial charge is 0.222 e. The Morgan fingerprint density at radius 3 is 2.90 bits per heavy atom. The number of halogens is 1. The van der Waals surface area contributed by atoms with Gasteiger partial charge < -0.3 is 15.0 Å². The Morgan fingerprint density at radius 2 is 2.25 bits per heavy atom. The van der Waals surface area contributed by atoms with Crippen LogP contribution >= 0.6 is 0 Å². The Balaban J connectivity index is 2.01. The summed E-state index contributed by atoms with van der Waals surface area (Å²) in [5.74, 6) is 0.0951. The maximum absolute atomic E-state index is 13.4. The lowest BCUT2D eigenvalue weighted by Crippen LogP contribution is -2.47. The van der Waals surface area contributed by atoms with Gasteiger partial charge >= 0.3 is 0 Å². The fourth-order valence-electron chi connectivity index (χ4n) is 2.54. The summed E-state index contributed by atoms with van der Waals surface area (Å²) < 4.78 is 18.4. The summed E-state index contributed by atoms with van der Waals surface area (Å²) in [5.41, 5.74) is 0.975. The minimum absolute atomic E-state index is 0.0797. The standard InChI is InChI=1S/C15H21FN2O2/c1-10(11-4-6-13(16)14(8-11)20-3)17-12-5-7-15(19)18(2)9-12/h4,6,8,10,12,17H,5,7,9H2,1-3H3/t10-,12-/m1/s1. The molecule has 1 aliphatic rings. The highest BCUT2D eigenvalue weighted by Gasteiger charge is 2.24. The van der Waals surface area contributed by atoms with Gasteiger partial charge in [0, 0.05) is 32.1 Å². The maximum Gasteiger partial charge on any atom is 0.222 e. The number of hydrogen-bond acceptors (Lipinski definition) is 3. The van der Waals surface area contributed by atoms with Gasteiger partial charge in [0.05, 0.1) is 7.11 Å². The Labute approximate surface area is 118 Å². The van der Waals surface area contributed by atoms with Crippen LogP contribution < -0.4 is 10.1 Å². The number of carbonyl (C=O) groups is 1. The van der Waals surface area contributed by atoms with Crippen LogP contribution in [0, 0.1) is 5.82 Å². The zero-order valence-corrected chi connectivity index (χ0v) is 12.1. The molecule has 2 atom stereocenters. The first kappa shape index (κ1) is 14.8. The first-order valence-corrected chi connectivity index (χ1v) is 6.84. The molecule has 0 aromatic heterocycles. The predicted octanol–water partition coefficient (Wildman–Crippen LogP) is 2.11. The van der Waals surface area contributed by atoms with E-state index in [2.05, 4.69) is 5.32 Å².